The average Bonchev–Trinajstić information content (AvgIpc) is 3.12. The summed E-state index contributed by atoms with van der Waals surface area (Å²) in [6.07, 6.45) is 2.78. The lowest BCUT2D eigenvalue weighted by molar-refractivity contribution is -0.118. The Bertz CT molecular complexity index is 1550. The average molecular weight is 493 g/mol. The molecule has 2 aliphatic rings. The lowest BCUT2D eigenvalue weighted by atomic mass is 9.73. The van der Waals surface area contributed by atoms with Crippen LogP contribution in [0.2, 0.25) is 0 Å². The highest BCUT2D eigenvalue weighted by Crippen LogP contribution is 2.43. The molecule has 0 N–H and O–H groups in total. The van der Waals surface area contributed by atoms with Gasteiger partial charge >= 0.3 is 0 Å². The fraction of sp³-hybridized carbons (Fsp3) is 0.296. The predicted octanol–water partition coefficient (Wildman–Crippen LogP) is 3.76. The number of halogens is 1. The van der Waals surface area contributed by atoms with E-state index in [-0.39, 0.29) is 22.6 Å². The third kappa shape index (κ3) is 4.12. The number of rotatable bonds is 4. The van der Waals surface area contributed by atoms with Crippen LogP contribution in [0.3, 0.4) is 0 Å². The molecule has 3 aromatic rings. The molecule has 2 aromatic carbocycles. The van der Waals surface area contributed by atoms with Crippen molar-refractivity contribution in [3.63, 3.8) is 0 Å². The predicted molar refractivity (Wildman–Crippen MR) is 132 cm³/mol. The summed E-state index contributed by atoms with van der Waals surface area (Å²) in [4.78, 5) is 32.3. The highest BCUT2D eigenvalue weighted by atomic mass is 32.1. The van der Waals surface area contributed by atoms with E-state index in [0.717, 1.165) is 5.56 Å². The third-order valence-corrected chi connectivity index (χ3v) is 7.37. The van der Waals surface area contributed by atoms with Crippen molar-refractivity contribution in [2.45, 2.75) is 32.7 Å². The van der Waals surface area contributed by atoms with Crippen molar-refractivity contribution in [2.24, 2.45) is 10.4 Å². The van der Waals surface area contributed by atoms with Crippen molar-refractivity contribution in [2.75, 3.05) is 14.2 Å². The summed E-state index contributed by atoms with van der Waals surface area (Å²) >= 11 is 1.28. The van der Waals surface area contributed by atoms with Crippen LogP contribution in [-0.2, 0) is 4.79 Å². The number of methoxy groups -OCH3 is 2. The molecule has 8 heteroatoms. The molecule has 1 atom stereocenters. The molecule has 0 spiro atoms. The van der Waals surface area contributed by atoms with Crippen LogP contribution in [0.5, 0.6) is 11.5 Å². The van der Waals surface area contributed by atoms with Crippen LogP contribution in [0.1, 0.15) is 43.9 Å². The summed E-state index contributed by atoms with van der Waals surface area (Å²) in [5.41, 5.74) is 2.22. The third-order valence-electron chi connectivity index (χ3n) is 6.39. The van der Waals surface area contributed by atoms with Gasteiger partial charge in [0.15, 0.2) is 22.1 Å². The highest BCUT2D eigenvalue weighted by Gasteiger charge is 2.40. The molecule has 5 rings (SSSR count). The Morgan fingerprint density at radius 2 is 1.77 bits per heavy atom. The summed E-state index contributed by atoms with van der Waals surface area (Å²) in [5.74, 6) is 0.751. The molecule has 35 heavy (non-hydrogen) atoms. The molecule has 0 amide bonds. The van der Waals surface area contributed by atoms with E-state index in [1.165, 1.54) is 23.5 Å². The number of carbonyl (C=O) groups is 1. The second-order valence-corrected chi connectivity index (χ2v) is 10.6. The number of hydrogen-bond donors (Lipinski definition) is 0. The van der Waals surface area contributed by atoms with Crippen molar-refractivity contribution in [3.05, 3.63) is 90.4 Å². The molecule has 0 saturated carbocycles. The minimum atomic E-state index is -0.641. The number of nitrogens with zero attached hydrogens (tertiary/aromatic N) is 2. The van der Waals surface area contributed by atoms with Gasteiger partial charge in [-0.2, -0.15) is 0 Å². The Morgan fingerprint density at radius 3 is 2.46 bits per heavy atom. The largest absolute Gasteiger partial charge is 0.493 e. The number of Topliss-reactive ketones (excluding diaryl/α,β-unsaturated/α-hetero) is 1. The van der Waals surface area contributed by atoms with E-state index in [0.29, 0.717) is 50.5 Å². The van der Waals surface area contributed by atoms with E-state index in [1.807, 2.05) is 19.9 Å². The van der Waals surface area contributed by atoms with Crippen molar-refractivity contribution in [1.29, 1.82) is 0 Å². The van der Waals surface area contributed by atoms with E-state index in [4.69, 9.17) is 14.5 Å². The molecule has 180 valence electrons. The van der Waals surface area contributed by atoms with E-state index >= 15 is 0 Å². The first-order valence-electron chi connectivity index (χ1n) is 11.3. The van der Waals surface area contributed by atoms with Gasteiger partial charge in [0.05, 0.1) is 30.5 Å². The van der Waals surface area contributed by atoms with Crippen molar-refractivity contribution < 1.29 is 18.7 Å². The smallest absolute Gasteiger partial charge is 0.271 e. The molecule has 0 radical (unpaired) electrons. The van der Waals surface area contributed by atoms with Crippen LogP contribution < -0.4 is 24.4 Å². The first-order chi connectivity index (χ1) is 16.7. The first-order valence-corrected chi connectivity index (χ1v) is 12.1. The standard InChI is InChI=1S/C27H25FN2O4S/c1-27(2)13-18-23(19(31)14-27)24(16-6-8-17(28)9-7-16)30-25(32)22(35-26(30)29-18)12-15-5-10-20(33-3)21(11-15)34-4/h5-12,24H,13-14H2,1-4H3. The summed E-state index contributed by atoms with van der Waals surface area (Å²) < 4.78 is 26.5. The first kappa shape index (κ1) is 23.2. The monoisotopic (exact) mass is 492 g/mol. The van der Waals surface area contributed by atoms with Gasteiger partial charge in [-0.15, -0.1) is 0 Å². The molecular formula is C27H25FN2O4S. The quantitative estimate of drug-likeness (QED) is 0.556. The maximum atomic E-state index is 13.7. The molecule has 1 aliphatic heterocycles. The fourth-order valence-corrected chi connectivity index (χ4v) is 5.82. The topological polar surface area (TPSA) is 69.9 Å². The molecule has 0 bridgehead atoms. The maximum absolute atomic E-state index is 13.7. The highest BCUT2D eigenvalue weighted by molar-refractivity contribution is 7.07. The van der Waals surface area contributed by atoms with E-state index in [1.54, 1.807) is 49.1 Å². The molecule has 6 nitrogen and oxygen atoms in total. The zero-order valence-electron chi connectivity index (χ0n) is 19.9. The van der Waals surface area contributed by atoms with Gasteiger partial charge in [-0.1, -0.05) is 43.4 Å². The van der Waals surface area contributed by atoms with Crippen LogP contribution in [0, 0.1) is 11.2 Å². The van der Waals surface area contributed by atoms with Gasteiger partial charge in [0.2, 0.25) is 0 Å². The molecule has 1 aliphatic carbocycles. The molecular weight excluding hydrogens is 467 g/mol. The minimum Gasteiger partial charge on any atom is -0.493 e. The Balaban J connectivity index is 1.73. The van der Waals surface area contributed by atoms with Crippen molar-refractivity contribution in [3.8, 4) is 11.5 Å². The zero-order valence-corrected chi connectivity index (χ0v) is 20.7. The Morgan fingerprint density at radius 1 is 1.06 bits per heavy atom. The Hall–Kier alpha value is -3.52. The number of thiazole rings is 1. The molecule has 0 fully saturated rings. The molecule has 2 heterocycles. The normalized spacial score (nSPS) is 19.2. The second kappa shape index (κ2) is 8.61. The zero-order chi connectivity index (χ0) is 24.9. The van der Waals surface area contributed by atoms with Crippen molar-refractivity contribution in [1.82, 2.24) is 4.57 Å². The van der Waals surface area contributed by atoms with Crippen LogP contribution >= 0.6 is 11.3 Å². The Kier molecular flexibility index (Phi) is 5.71. The van der Waals surface area contributed by atoms with E-state index < -0.39 is 6.04 Å². The molecule has 1 unspecified atom stereocenters. The van der Waals surface area contributed by atoms with Gasteiger partial charge < -0.3 is 9.47 Å². The number of allylic oxidation sites excluding steroid dienone is 2. The van der Waals surface area contributed by atoms with Gasteiger partial charge in [-0.3, -0.25) is 14.2 Å². The van der Waals surface area contributed by atoms with Crippen LogP contribution in [0.25, 0.3) is 6.08 Å². The summed E-state index contributed by atoms with van der Waals surface area (Å²) in [6.45, 7) is 4.09. The van der Waals surface area contributed by atoms with Gasteiger partial charge in [0, 0.05) is 12.0 Å². The van der Waals surface area contributed by atoms with Gasteiger partial charge in [0.25, 0.3) is 5.56 Å². The van der Waals surface area contributed by atoms with Crippen LogP contribution in [-0.4, -0.2) is 24.6 Å². The van der Waals surface area contributed by atoms with Crippen LogP contribution in [0.4, 0.5) is 4.39 Å². The second-order valence-electron chi connectivity index (χ2n) is 9.55. The maximum Gasteiger partial charge on any atom is 0.271 e. The van der Waals surface area contributed by atoms with E-state index in [9.17, 15) is 14.0 Å². The number of hydrogen-bond acceptors (Lipinski definition) is 6. The van der Waals surface area contributed by atoms with Crippen LogP contribution in [0.15, 0.2) is 63.5 Å². The number of carbonyl (C=O) groups excluding carboxylic acids is 1. The lowest BCUT2D eigenvalue weighted by Gasteiger charge is -2.35. The number of fused-ring (bicyclic) bond motifs is 1. The fourth-order valence-electron chi connectivity index (χ4n) is 4.80. The van der Waals surface area contributed by atoms with Gasteiger partial charge in [-0.25, -0.2) is 9.38 Å². The van der Waals surface area contributed by atoms with Gasteiger partial charge in [0.1, 0.15) is 5.82 Å². The summed E-state index contributed by atoms with van der Waals surface area (Å²) in [6, 6.07) is 10.8. The summed E-state index contributed by atoms with van der Waals surface area (Å²) in [5, 5.41) is 0. The Labute approximate surface area is 205 Å². The van der Waals surface area contributed by atoms with E-state index in [2.05, 4.69) is 0 Å². The number of aromatic nitrogens is 1. The summed E-state index contributed by atoms with van der Waals surface area (Å²) in [7, 11) is 3.12. The molecule has 0 saturated heterocycles. The van der Waals surface area contributed by atoms with Gasteiger partial charge in [-0.05, 0) is 53.3 Å². The lowest BCUT2D eigenvalue weighted by Crippen LogP contribution is -2.42. The van der Waals surface area contributed by atoms with Crippen molar-refractivity contribution >= 4 is 23.2 Å². The molecule has 1 aromatic heterocycles. The number of benzene rings is 2. The number of ether oxygens (including phenoxy) is 2. The minimum absolute atomic E-state index is 0.0245. The SMILES string of the molecule is COc1ccc(C=c2sc3n(c2=O)C(c2ccc(F)cc2)C2=C(CC(C)(C)CC2=O)N=3)cc1OC. The number of ketones is 1.